The number of amides is 1. The lowest BCUT2D eigenvalue weighted by Crippen LogP contribution is -2.51. The van der Waals surface area contributed by atoms with E-state index >= 15 is 0 Å². The van der Waals surface area contributed by atoms with Gasteiger partial charge in [-0.2, -0.15) is 0 Å². The number of alkyl halides is 2. The molecule has 0 aliphatic carbocycles. The lowest BCUT2D eigenvalue weighted by atomic mass is 10.0. The molecule has 4 heterocycles. The molecule has 1 fully saturated rings. The van der Waals surface area contributed by atoms with Crippen LogP contribution in [0.4, 0.5) is 14.5 Å². The number of carbonyl (C=O) groups excluding carboxylic acids is 1. The third-order valence-corrected chi connectivity index (χ3v) is 6.43. The fraction of sp³-hybridized carbons (Fsp3) is 0.643. The Labute approximate surface area is 138 Å². The number of rotatable bonds is 1. The maximum Gasteiger partial charge on any atom is 0.269 e. The lowest BCUT2D eigenvalue weighted by molar-refractivity contribution is 0.00384. The molecule has 1 amide bonds. The van der Waals surface area contributed by atoms with Crippen molar-refractivity contribution in [2.45, 2.75) is 37.3 Å². The highest BCUT2D eigenvalue weighted by Crippen LogP contribution is 2.47. The van der Waals surface area contributed by atoms with Crippen molar-refractivity contribution in [3.63, 3.8) is 0 Å². The van der Waals surface area contributed by atoms with Crippen molar-refractivity contribution in [2.75, 3.05) is 24.6 Å². The lowest BCUT2D eigenvalue weighted by Gasteiger charge is -2.36. The van der Waals surface area contributed by atoms with Gasteiger partial charge in [-0.3, -0.25) is 4.79 Å². The van der Waals surface area contributed by atoms with E-state index in [4.69, 9.17) is 4.74 Å². The summed E-state index contributed by atoms with van der Waals surface area (Å²) in [5.41, 5.74) is 1.24. The highest BCUT2D eigenvalue weighted by molar-refractivity contribution is 9.11. The van der Waals surface area contributed by atoms with Crippen molar-refractivity contribution in [3.05, 3.63) is 14.2 Å². The zero-order chi connectivity index (χ0) is 15.5. The van der Waals surface area contributed by atoms with Gasteiger partial charge in [-0.05, 0) is 28.8 Å². The Kier molecular flexibility index (Phi) is 3.47. The first-order valence-electron chi connectivity index (χ1n) is 7.31. The average molecular weight is 393 g/mol. The van der Waals surface area contributed by atoms with Crippen LogP contribution in [0.3, 0.4) is 0 Å². The Hall–Kier alpha value is -0.730. The minimum Gasteiger partial charge on any atom is -0.376 e. The normalized spacial score (nSPS) is 30.0. The molecular formula is C14H15BrF2N2O2S. The van der Waals surface area contributed by atoms with Crippen LogP contribution in [0.2, 0.25) is 0 Å². The minimum absolute atomic E-state index is 0.0830. The first kappa shape index (κ1) is 14.8. The van der Waals surface area contributed by atoms with Crippen LogP contribution in [0.5, 0.6) is 0 Å². The van der Waals surface area contributed by atoms with Gasteiger partial charge in [-0.25, -0.2) is 8.78 Å². The van der Waals surface area contributed by atoms with E-state index in [1.54, 1.807) is 4.90 Å². The number of thiophene rings is 1. The van der Waals surface area contributed by atoms with Crippen LogP contribution < -0.4 is 10.2 Å². The SMILES string of the molecule is O=C1N[C@@H]([C@H]2CCCO2)CN2CC(F)(F)Cc3c(Br)sc1c32. The van der Waals surface area contributed by atoms with E-state index in [1.165, 1.54) is 11.3 Å². The molecule has 120 valence electrons. The van der Waals surface area contributed by atoms with E-state index in [0.717, 1.165) is 12.8 Å². The molecular weight excluding hydrogens is 378 g/mol. The number of nitrogens with one attached hydrogen (secondary N) is 1. The Bertz CT molecular complexity index is 631. The topological polar surface area (TPSA) is 41.6 Å². The zero-order valence-electron chi connectivity index (χ0n) is 11.7. The summed E-state index contributed by atoms with van der Waals surface area (Å²) in [7, 11) is 0. The van der Waals surface area contributed by atoms with Crippen molar-refractivity contribution in [1.82, 2.24) is 5.32 Å². The third kappa shape index (κ3) is 2.35. The van der Waals surface area contributed by atoms with Crippen molar-refractivity contribution < 1.29 is 18.3 Å². The van der Waals surface area contributed by atoms with Crippen LogP contribution in [0.25, 0.3) is 0 Å². The molecule has 22 heavy (non-hydrogen) atoms. The molecule has 1 aromatic heterocycles. The fourth-order valence-corrected chi connectivity index (χ4v) is 5.33. The van der Waals surface area contributed by atoms with Crippen LogP contribution >= 0.6 is 27.3 Å². The second-order valence-electron chi connectivity index (χ2n) is 6.08. The summed E-state index contributed by atoms with van der Waals surface area (Å²) >= 11 is 4.58. The molecule has 2 atom stereocenters. The predicted octanol–water partition coefficient (Wildman–Crippen LogP) is 2.80. The standard InChI is InChI=1S/C14H15BrF2N2O2S/c15-12-7-4-14(16,17)6-19-5-8(9-2-1-3-21-9)18-13(20)11(22-12)10(7)19/h8-9H,1-6H2,(H,18,20)/t8-,9-/m1/s1. The molecule has 0 unspecified atom stereocenters. The van der Waals surface area contributed by atoms with Gasteiger partial charge in [0.05, 0.1) is 28.2 Å². The van der Waals surface area contributed by atoms with Crippen LogP contribution in [-0.2, 0) is 11.2 Å². The minimum atomic E-state index is -2.78. The van der Waals surface area contributed by atoms with Gasteiger partial charge in [-0.1, -0.05) is 0 Å². The smallest absolute Gasteiger partial charge is 0.269 e. The van der Waals surface area contributed by atoms with E-state index in [1.807, 2.05) is 0 Å². The van der Waals surface area contributed by atoms with Crippen LogP contribution in [0, 0.1) is 0 Å². The Balaban J connectivity index is 1.74. The predicted molar refractivity (Wildman–Crippen MR) is 83.1 cm³/mol. The first-order valence-corrected chi connectivity index (χ1v) is 8.92. The van der Waals surface area contributed by atoms with Crippen molar-refractivity contribution in [1.29, 1.82) is 0 Å². The van der Waals surface area contributed by atoms with Gasteiger partial charge in [0.1, 0.15) is 4.88 Å². The largest absolute Gasteiger partial charge is 0.376 e. The van der Waals surface area contributed by atoms with Crippen molar-refractivity contribution >= 4 is 38.9 Å². The summed E-state index contributed by atoms with van der Waals surface area (Å²) in [5, 5.41) is 2.98. The van der Waals surface area contributed by atoms with Crippen LogP contribution in [0.1, 0.15) is 28.1 Å². The van der Waals surface area contributed by atoms with Gasteiger partial charge in [0.15, 0.2) is 0 Å². The number of nitrogens with zero attached hydrogens (tertiary/aromatic N) is 1. The van der Waals surface area contributed by atoms with E-state index in [0.29, 0.717) is 33.1 Å². The number of carbonyl (C=O) groups is 1. The summed E-state index contributed by atoms with van der Waals surface area (Å²) in [6.07, 6.45) is 1.42. The highest BCUT2D eigenvalue weighted by Gasteiger charge is 2.45. The Morgan fingerprint density at radius 3 is 3.00 bits per heavy atom. The molecule has 0 bridgehead atoms. The first-order chi connectivity index (χ1) is 10.4. The second kappa shape index (κ2) is 5.14. The average Bonchev–Trinajstić information content (AvgIpc) is 3.03. The van der Waals surface area contributed by atoms with E-state index < -0.39 is 5.92 Å². The molecule has 3 aliphatic rings. The summed E-state index contributed by atoms with van der Waals surface area (Å²) in [6.45, 7) is 0.704. The number of hydrogen-bond acceptors (Lipinski definition) is 4. The molecule has 1 N–H and O–H groups in total. The zero-order valence-corrected chi connectivity index (χ0v) is 14.1. The number of hydrogen-bond donors (Lipinski definition) is 1. The van der Waals surface area contributed by atoms with Gasteiger partial charge >= 0.3 is 0 Å². The van der Waals surface area contributed by atoms with E-state index in [-0.39, 0.29) is 31.0 Å². The number of anilines is 1. The number of ether oxygens (including phenoxy) is 1. The molecule has 1 aromatic rings. The highest BCUT2D eigenvalue weighted by atomic mass is 79.9. The summed E-state index contributed by atoms with van der Waals surface area (Å²) in [6, 6.07) is -0.241. The molecule has 4 rings (SSSR count). The summed E-state index contributed by atoms with van der Waals surface area (Å²) in [4.78, 5) is 14.7. The van der Waals surface area contributed by atoms with E-state index in [2.05, 4.69) is 21.2 Å². The Morgan fingerprint density at radius 2 is 2.27 bits per heavy atom. The summed E-state index contributed by atoms with van der Waals surface area (Å²) < 4.78 is 34.4. The van der Waals surface area contributed by atoms with Crippen molar-refractivity contribution in [2.24, 2.45) is 0 Å². The second-order valence-corrected chi connectivity index (χ2v) is 8.42. The Morgan fingerprint density at radius 1 is 1.45 bits per heavy atom. The molecule has 1 saturated heterocycles. The van der Waals surface area contributed by atoms with Gasteiger partial charge in [-0.15, -0.1) is 11.3 Å². The third-order valence-electron chi connectivity index (χ3n) is 4.46. The monoisotopic (exact) mass is 392 g/mol. The van der Waals surface area contributed by atoms with Crippen molar-refractivity contribution in [3.8, 4) is 0 Å². The van der Waals surface area contributed by atoms with Gasteiger partial charge in [0, 0.05) is 25.1 Å². The number of halogens is 3. The summed E-state index contributed by atoms with van der Waals surface area (Å²) in [5.74, 6) is -2.96. The van der Waals surface area contributed by atoms with Gasteiger partial charge in [0.25, 0.3) is 11.8 Å². The molecule has 8 heteroatoms. The molecule has 0 spiro atoms. The van der Waals surface area contributed by atoms with Gasteiger partial charge < -0.3 is 15.0 Å². The van der Waals surface area contributed by atoms with Crippen LogP contribution in [-0.4, -0.2) is 43.7 Å². The maximum absolute atomic E-state index is 14.1. The van der Waals surface area contributed by atoms with E-state index in [9.17, 15) is 13.6 Å². The molecule has 4 nitrogen and oxygen atoms in total. The molecule has 0 saturated carbocycles. The van der Waals surface area contributed by atoms with Crippen LogP contribution in [0.15, 0.2) is 3.79 Å². The molecule has 0 aromatic carbocycles. The van der Waals surface area contributed by atoms with Gasteiger partial charge in [0.2, 0.25) is 0 Å². The fourth-order valence-electron chi connectivity index (χ4n) is 3.55. The quantitative estimate of drug-likeness (QED) is 0.798. The maximum atomic E-state index is 14.1. The molecule has 3 aliphatic heterocycles. The molecule has 0 radical (unpaired) electrons.